The van der Waals surface area contributed by atoms with Crippen molar-refractivity contribution in [2.24, 2.45) is 0 Å². The van der Waals surface area contributed by atoms with Gasteiger partial charge in [0.2, 0.25) is 15.9 Å². The number of nitrogens with one attached hydrogen (secondary N) is 3. The Hall–Kier alpha value is -3.40. The molecule has 1 heterocycles. The summed E-state index contributed by atoms with van der Waals surface area (Å²) < 4.78 is 25.7. The molecule has 3 N–H and O–H groups in total. The van der Waals surface area contributed by atoms with E-state index in [0.29, 0.717) is 30.0 Å². The molecule has 0 unspecified atom stereocenters. The monoisotopic (exact) mass is 444 g/mol. The second kappa shape index (κ2) is 9.17. The summed E-state index contributed by atoms with van der Waals surface area (Å²) in [5, 5.41) is 5.26. The van der Waals surface area contributed by atoms with Crippen LogP contribution in [0.5, 0.6) is 0 Å². The fourth-order valence-electron chi connectivity index (χ4n) is 3.33. The number of benzene rings is 2. The van der Waals surface area contributed by atoms with Gasteiger partial charge in [-0.1, -0.05) is 6.07 Å². The Morgan fingerprint density at radius 2 is 1.61 bits per heavy atom. The van der Waals surface area contributed by atoms with Gasteiger partial charge in [0.05, 0.1) is 17.5 Å². The van der Waals surface area contributed by atoms with Crippen molar-refractivity contribution in [1.29, 1.82) is 0 Å². The first-order valence-corrected chi connectivity index (χ1v) is 11.6. The van der Waals surface area contributed by atoms with E-state index in [4.69, 9.17) is 0 Å². The third-order valence-electron chi connectivity index (χ3n) is 4.64. The number of amides is 3. The normalized spacial score (nSPS) is 13.5. The van der Waals surface area contributed by atoms with E-state index < -0.39 is 15.9 Å². The molecule has 0 radical (unpaired) electrons. The zero-order valence-corrected chi connectivity index (χ0v) is 18.1. The smallest absolute Gasteiger partial charge is 0.257 e. The van der Waals surface area contributed by atoms with Gasteiger partial charge in [0.1, 0.15) is 0 Å². The van der Waals surface area contributed by atoms with E-state index >= 15 is 0 Å². The van der Waals surface area contributed by atoms with Crippen LogP contribution in [-0.4, -0.2) is 50.4 Å². The van der Waals surface area contributed by atoms with Gasteiger partial charge in [0.25, 0.3) is 11.8 Å². The van der Waals surface area contributed by atoms with Crippen molar-refractivity contribution in [3.8, 4) is 0 Å². The predicted molar refractivity (Wildman–Crippen MR) is 119 cm³/mol. The maximum atomic E-state index is 12.9. The number of carbonyl (C=O) groups is 3. The fourth-order valence-corrected chi connectivity index (χ4v) is 3.91. The highest BCUT2D eigenvalue weighted by molar-refractivity contribution is 7.92. The Balaban J connectivity index is 1.87. The quantitative estimate of drug-likeness (QED) is 0.631. The molecule has 1 fully saturated rings. The summed E-state index contributed by atoms with van der Waals surface area (Å²) in [6, 6.07) is 10.8. The van der Waals surface area contributed by atoms with Crippen LogP contribution in [0, 0.1) is 0 Å². The van der Waals surface area contributed by atoms with E-state index in [1.54, 1.807) is 29.2 Å². The maximum Gasteiger partial charge on any atom is 0.257 e. The molecule has 1 aliphatic rings. The van der Waals surface area contributed by atoms with Gasteiger partial charge in [0, 0.05) is 37.0 Å². The zero-order chi connectivity index (χ0) is 22.6. The van der Waals surface area contributed by atoms with Crippen LogP contribution in [0.15, 0.2) is 42.5 Å². The second-order valence-corrected chi connectivity index (χ2v) is 9.10. The van der Waals surface area contributed by atoms with Gasteiger partial charge in [-0.3, -0.25) is 19.1 Å². The minimum atomic E-state index is -3.64. The van der Waals surface area contributed by atoms with E-state index in [1.807, 2.05) is 0 Å². The van der Waals surface area contributed by atoms with E-state index in [9.17, 15) is 22.8 Å². The number of likely N-dealkylation sites (tertiary alicyclic amines) is 1. The van der Waals surface area contributed by atoms with Crippen LogP contribution in [0.2, 0.25) is 0 Å². The Morgan fingerprint density at radius 1 is 0.935 bits per heavy atom. The first kappa shape index (κ1) is 22.3. The van der Waals surface area contributed by atoms with Crippen LogP contribution in [0.1, 0.15) is 40.5 Å². The molecular formula is C21H24N4O5S. The van der Waals surface area contributed by atoms with Crippen molar-refractivity contribution < 1.29 is 22.8 Å². The lowest BCUT2D eigenvalue weighted by atomic mass is 10.1. The lowest BCUT2D eigenvalue weighted by Crippen LogP contribution is -2.27. The van der Waals surface area contributed by atoms with Crippen LogP contribution in [0.25, 0.3) is 0 Å². The Kier molecular flexibility index (Phi) is 6.59. The standard InChI is InChI=1S/C21H24N4O5S/c1-14(26)22-17-8-9-19(24-31(2,29)30)18(13-17)20(27)23-16-7-5-6-15(12-16)21(28)25-10-3-4-11-25/h5-9,12-13,24H,3-4,10-11H2,1-2H3,(H,22,26)(H,23,27). The summed E-state index contributed by atoms with van der Waals surface area (Å²) in [6.45, 7) is 2.75. The highest BCUT2D eigenvalue weighted by Gasteiger charge is 2.20. The highest BCUT2D eigenvalue weighted by atomic mass is 32.2. The van der Waals surface area contributed by atoms with Gasteiger partial charge < -0.3 is 15.5 Å². The van der Waals surface area contributed by atoms with Crippen molar-refractivity contribution >= 4 is 44.8 Å². The molecule has 31 heavy (non-hydrogen) atoms. The molecular weight excluding hydrogens is 420 g/mol. The van der Waals surface area contributed by atoms with Gasteiger partial charge in [0.15, 0.2) is 0 Å². The fraction of sp³-hybridized carbons (Fsp3) is 0.286. The van der Waals surface area contributed by atoms with Crippen molar-refractivity contribution in [2.75, 3.05) is 34.7 Å². The lowest BCUT2D eigenvalue weighted by Gasteiger charge is -2.16. The highest BCUT2D eigenvalue weighted by Crippen LogP contribution is 2.24. The van der Waals surface area contributed by atoms with Gasteiger partial charge in [-0.05, 0) is 49.2 Å². The predicted octanol–water partition coefficient (Wildman–Crippen LogP) is 2.50. The molecule has 0 bridgehead atoms. The largest absolute Gasteiger partial charge is 0.339 e. The van der Waals surface area contributed by atoms with E-state index in [2.05, 4.69) is 15.4 Å². The van der Waals surface area contributed by atoms with E-state index in [0.717, 1.165) is 19.1 Å². The first-order chi connectivity index (χ1) is 14.6. The number of rotatable bonds is 6. The molecule has 1 aliphatic heterocycles. The summed E-state index contributed by atoms with van der Waals surface area (Å²) >= 11 is 0. The van der Waals surface area contributed by atoms with Crippen molar-refractivity contribution in [3.05, 3.63) is 53.6 Å². The molecule has 164 valence electrons. The van der Waals surface area contributed by atoms with Crippen LogP contribution < -0.4 is 15.4 Å². The number of sulfonamides is 1. The van der Waals surface area contributed by atoms with Crippen LogP contribution in [-0.2, 0) is 14.8 Å². The number of anilines is 3. The maximum absolute atomic E-state index is 12.9. The number of hydrogen-bond donors (Lipinski definition) is 3. The first-order valence-electron chi connectivity index (χ1n) is 9.72. The molecule has 2 aromatic rings. The number of carbonyl (C=O) groups excluding carboxylic acids is 3. The molecule has 2 aromatic carbocycles. The Labute approximate surface area is 180 Å². The van der Waals surface area contributed by atoms with Crippen molar-refractivity contribution in [2.45, 2.75) is 19.8 Å². The number of hydrogen-bond acceptors (Lipinski definition) is 5. The summed E-state index contributed by atoms with van der Waals surface area (Å²) in [6.07, 6.45) is 2.93. The average molecular weight is 445 g/mol. The third kappa shape index (κ3) is 6.05. The molecule has 0 aliphatic carbocycles. The molecule has 0 spiro atoms. The summed E-state index contributed by atoms with van der Waals surface area (Å²) in [5.74, 6) is -1.02. The third-order valence-corrected chi connectivity index (χ3v) is 5.23. The van der Waals surface area contributed by atoms with Crippen LogP contribution in [0.4, 0.5) is 17.1 Å². The minimum Gasteiger partial charge on any atom is -0.339 e. The zero-order valence-electron chi connectivity index (χ0n) is 17.3. The molecule has 3 amide bonds. The van der Waals surface area contributed by atoms with Crippen molar-refractivity contribution in [3.63, 3.8) is 0 Å². The topological polar surface area (TPSA) is 125 Å². The van der Waals surface area contributed by atoms with Crippen molar-refractivity contribution in [1.82, 2.24) is 4.90 Å². The SMILES string of the molecule is CC(=O)Nc1ccc(NS(C)(=O)=O)c(C(=O)Nc2cccc(C(=O)N3CCCC3)c2)c1. The molecule has 0 atom stereocenters. The summed E-state index contributed by atoms with van der Waals surface area (Å²) in [5.41, 5.74) is 1.28. The molecule has 10 heteroatoms. The second-order valence-electron chi connectivity index (χ2n) is 7.35. The van der Waals surface area contributed by atoms with Gasteiger partial charge in [-0.25, -0.2) is 8.42 Å². The number of nitrogens with zero attached hydrogens (tertiary/aromatic N) is 1. The van der Waals surface area contributed by atoms with E-state index in [1.165, 1.54) is 25.1 Å². The van der Waals surface area contributed by atoms with Crippen LogP contribution >= 0.6 is 0 Å². The van der Waals surface area contributed by atoms with Gasteiger partial charge >= 0.3 is 0 Å². The molecule has 3 rings (SSSR count). The minimum absolute atomic E-state index is 0.0212. The lowest BCUT2D eigenvalue weighted by molar-refractivity contribution is -0.114. The summed E-state index contributed by atoms with van der Waals surface area (Å²) in [4.78, 5) is 38.7. The van der Waals surface area contributed by atoms with Gasteiger partial charge in [-0.2, -0.15) is 0 Å². The molecule has 0 saturated carbocycles. The molecule has 9 nitrogen and oxygen atoms in total. The Bertz CT molecular complexity index is 1120. The molecule has 1 saturated heterocycles. The van der Waals surface area contributed by atoms with E-state index in [-0.39, 0.29) is 23.1 Å². The Morgan fingerprint density at radius 3 is 2.26 bits per heavy atom. The van der Waals surface area contributed by atoms with Crippen LogP contribution in [0.3, 0.4) is 0 Å². The van der Waals surface area contributed by atoms with Gasteiger partial charge in [-0.15, -0.1) is 0 Å². The molecule has 0 aromatic heterocycles. The summed E-state index contributed by atoms with van der Waals surface area (Å²) in [7, 11) is -3.64. The average Bonchev–Trinajstić information content (AvgIpc) is 3.22.